The van der Waals surface area contributed by atoms with Gasteiger partial charge in [0.05, 0.1) is 0 Å². The standard InChI is InChI=1S/C19H16FN3O/c20-15-8-6-14(7-9-15)13-22-17-10-11-21-18(12-17)19(24)23-16-4-2-1-3-5-16/h1-12H,13H2,(H,21,22)(H,23,24). The Bertz CT molecular complexity index is 820. The van der Waals surface area contributed by atoms with Gasteiger partial charge in [0, 0.05) is 24.1 Å². The summed E-state index contributed by atoms with van der Waals surface area (Å²) in [7, 11) is 0. The Morgan fingerprint density at radius 3 is 2.46 bits per heavy atom. The number of hydrogen-bond acceptors (Lipinski definition) is 3. The molecule has 1 aromatic heterocycles. The molecular formula is C19H16FN3O. The molecule has 0 radical (unpaired) electrons. The van der Waals surface area contributed by atoms with E-state index in [0.717, 1.165) is 11.3 Å². The zero-order chi connectivity index (χ0) is 16.8. The molecule has 4 nitrogen and oxygen atoms in total. The largest absolute Gasteiger partial charge is 0.381 e. The minimum atomic E-state index is -0.272. The highest BCUT2D eigenvalue weighted by molar-refractivity contribution is 6.03. The second-order valence-corrected chi connectivity index (χ2v) is 5.23. The summed E-state index contributed by atoms with van der Waals surface area (Å²) in [5.41, 5.74) is 2.76. The third kappa shape index (κ3) is 4.16. The van der Waals surface area contributed by atoms with Crippen LogP contribution in [0.25, 0.3) is 0 Å². The quantitative estimate of drug-likeness (QED) is 0.744. The summed E-state index contributed by atoms with van der Waals surface area (Å²) in [4.78, 5) is 16.3. The van der Waals surface area contributed by atoms with Crippen LogP contribution in [0.4, 0.5) is 15.8 Å². The summed E-state index contributed by atoms with van der Waals surface area (Å²) in [6.45, 7) is 0.532. The van der Waals surface area contributed by atoms with E-state index in [4.69, 9.17) is 0 Å². The monoisotopic (exact) mass is 321 g/mol. The van der Waals surface area contributed by atoms with Crippen LogP contribution in [0.3, 0.4) is 0 Å². The van der Waals surface area contributed by atoms with Crippen molar-refractivity contribution in [3.63, 3.8) is 0 Å². The minimum absolute atomic E-state index is 0.262. The number of aromatic nitrogens is 1. The number of halogens is 1. The Hall–Kier alpha value is -3.21. The average molecular weight is 321 g/mol. The van der Waals surface area contributed by atoms with Crippen LogP contribution in [-0.4, -0.2) is 10.9 Å². The van der Waals surface area contributed by atoms with E-state index in [-0.39, 0.29) is 11.7 Å². The Morgan fingerprint density at radius 2 is 1.71 bits per heavy atom. The number of benzene rings is 2. The van der Waals surface area contributed by atoms with Gasteiger partial charge in [-0.1, -0.05) is 30.3 Å². The highest BCUT2D eigenvalue weighted by Gasteiger charge is 2.08. The van der Waals surface area contributed by atoms with Crippen LogP contribution in [0, 0.1) is 5.82 Å². The maximum atomic E-state index is 12.9. The van der Waals surface area contributed by atoms with E-state index < -0.39 is 0 Å². The lowest BCUT2D eigenvalue weighted by Crippen LogP contribution is -2.14. The molecule has 0 spiro atoms. The van der Waals surface area contributed by atoms with Crippen molar-refractivity contribution in [2.75, 3.05) is 10.6 Å². The van der Waals surface area contributed by atoms with Crippen molar-refractivity contribution >= 4 is 17.3 Å². The number of pyridine rings is 1. The summed E-state index contributed by atoms with van der Waals surface area (Å²) < 4.78 is 12.9. The maximum absolute atomic E-state index is 12.9. The molecule has 120 valence electrons. The van der Waals surface area contributed by atoms with Gasteiger partial charge < -0.3 is 10.6 Å². The first-order valence-electron chi connectivity index (χ1n) is 7.51. The van der Waals surface area contributed by atoms with Crippen LogP contribution in [-0.2, 0) is 6.54 Å². The van der Waals surface area contributed by atoms with Crippen molar-refractivity contribution in [1.82, 2.24) is 4.98 Å². The summed E-state index contributed by atoms with van der Waals surface area (Å²) in [6.07, 6.45) is 1.58. The zero-order valence-corrected chi connectivity index (χ0v) is 12.9. The van der Waals surface area contributed by atoms with Crippen LogP contribution in [0.2, 0.25) is 0 Å². The minimum Gasteiger partial charge on any atom is -0.381 e. The van der Waals surface area contributed by atoms with Crippen LogP contribution >= 0.6 is 0 Å². The number of amides is 1. The fraction of sp³-hybridized carbons (Fsp3) is 0.0526. The molecule has 0 unspecified atom stereocenters. The lowest BCUT2D eigenvalue weighted by Gasteiger charge is -2.09. The van der Waals surface area contributed by atoms with Crippen molar-refractivity contribution in [2.45, 2.75) is 6.54 Å². The van der Waals surface area contributed by atoms with Gasteiger partial charge in [0.25, 0.3) is 5.91 Å². The molecule has 1 heterocycles. The van der Waals surface area contributed by atoms with Crippen LogP contribution in [0.15, 0.2) is 72.9 Å². The maximum Gasteiger partial charge on any atom is 0.274 e. The van der Waals surface area contributed by atoms with E-state index in [1.54, 1.807) is 30.5 Å². The Kier molecular flexibility index (Phi) is 4.81. The normalized spacial score (nSPS) is 10.2. The Balaban J connectivity index is 1.65. The van der Waals surface area contributed by atoms with E-state index in [1.165, 1.54) is 12.1 Å². The number of nitrogens with zero attached hydrogens (tertiary/aromatic N) is 1. The highest BCUT2D eigenvalue weighted by atomic mass is 19.1. The van der Waals surface area contributed by atoms with Gasteiger partial charge in [-0.05, 0) is 42.0 Å². The average Bonchev–Trinajstić information content (AvgIpc) is 2.62. The highest BCUT2D eigenvalue weighted by Crippen LogP contribution is 2.13. The Morgan fingerprint density at radius 1 is 0.958 bits per heavy atom. The van der Waals surface area contributed by atoms with E-state index in [2.05, 4.69) is 15.6 Å². The number of carbonyl (C=O) groups is 1. The third-order valence-corrected chi connectivity index (χ3v) is 3.43. The molecule has 24 heavy (non-hydrogen) atoms. The van der Waals surface area contributed by atoms with Crippen molar-refractivity contribution in [2.24, 2.45) is 0 Å². The van der Waals surface area contributed by atoms with Gasteiger partial charge in [-0.15, -0.1) is 0 Å². The molecule has 3 aromatic rings. The second-order valence-electron chi connectivity index (χ2n) is 5.23. The number of carbonyl (C=O) groups excluding carboxylic acids is 1. The Labute approximate surface area is 139 Å². The van der Waals surface area contributed by atoms with E-state index >= 15 is 0 Å². The first-order chi connectivity index (χ1) is 11.7. The van der Waals surface area contributed by atoms with Gasteiger partial charge in [-0.25, -0.2) is 4.39 Å². The number of hydrogen-bond donors (Lipinski definition) is 2. The molecule has 0 atom stereocenters. The van der Waals surface area contributed by atoms with Crippen LogP contribution < -0.4 is 10.6 Å². The molecule has 1 amide bonds. The smallest absolute Gasteiger partial charge is 0.274 e. The van der Waals surface area contributed by atoms with Crippen molar-refractivity contribution in [3.05, 3.63) is 90.0 Å². The molecule has 0 fully saturated rings. The zero-order valence-electron chi connectivity index (χ0n) is 12.9. The first-order valence-corrected chi connectivity index (χ1v) is 7.51. The van der Waals surface area contributed by atoms with Gasteiger partial charge in [0.1, 0.15) is 11.5 Å². The number of para-hydroxylation sites is 1. The van der Waals surface area contributed by atoms with Gasteiger partial charge in [-0.3, -0.25) is 9.78 Å². The van der Waals surface area contributed by atoms with Gasteiger partial charge in [0.15, 0.2) is 0 Å². The van der Waals surface area contributed by atoms with Crippen molar-refractivity contribution in [3.8, 4) is 0 Å². The summed E-state index contributed by atoms with van der Waals surface area (Å²) >= 11 is 0. The first kappa shape index (κ1) is 15.7. The third-order valence-electron chi connectivity index (χ3n) is 3.43. The second kappa shape index (κ2) is 7.37. The summed E-state index contributed by atoms with van der Waals surface area (Å²) in [5.74, 6) is -0.533. The molecule has 0 saturated carbocycles. The molecule has 5 heteroatoms. The van der Waals surface area contributed by atoms with Crippen LogP contribution in [0.1, 0.15) is 16.1 Å². The fourth-order valence-electron chi connectivity index (χ4n) is 2.19. The predicted octanol–water partition coefficient (Wildman–Crippen LogP) is 4.09. The topological polar surface area (TPSA) is 54.0 Å². The van der Waals surface area contributed by atoms with Gasteiger partial charge in [-0.2, -0.15) is 0 Å². The molecule has 3 rings (SSSR count). The lowest BCUT2D eigenvalue weighted by atomic mass is 10.2. The molecule has 0 aliphatic heterocycles. The fourth-order valence-corrected chi connectivity index (χ4v) is 2.19. The summed E-state index contributed by atoms with van der Waals surface area (Å²) in [6, 6.07) is 18.9. The molecule has 2 aromatic carbocycles. The summed E-state index contributed by atoms with van der Waals surface area (Å²) in [5, 5.41) is 5.99. The van der Waals surface area contributed by atoms with Gasteiger partial charge >= 0.3 is 0 Å². The molecule has 0 bridgehead atoms. The van der Waals surface area contributed by atoms with Crippen molar-refractivity contribution < 1.29 is 9.18 Å². The molecular weight excluding hydrogens is 305 g/mol. The number of nitrogens with one attached hydrogen (secondary N) is 2. The number of anilines is 2. The number of rotatable bonds is 5. The predicted molar refractivity (Wildman–Crippen MR) is 92.4 cm³/mol. The SMILES string of the molecule is O=C(Nc1ccccc1)c1cc(NCc2ccc(F)cc2)ccn1. The van der Waals surface area contributed by atoms with Crippen LogP contribution in [0.5, 0.6) is 0 Å². The molecule has 0 saturated heterocycles. The molecule has 2 N–H and O–H groups in total. The molecule has 0 aliphatic carbocycles. The lowest BCUT2D eigenvalue weighted by molar-refractivity contribution is 0.102. The van der Waals surface area contributed by atoms with Gasteiger partial charge in [0.2, 0.25) is 0 Å². The van der Waals surface area contributed by atoms with Crippen molar-refractivity contribution in [1.29, 1.82) is 0 Å². The molecule has 0 aliphatic rings. The van der Waals surface area contributed by atoms with E-state index in [1.807, 2.05) is 30.3 Å². The van der Waals surface area contributed by atoms with E-state index in [9.17, 15) is 9.18 Å². The van der Waals surface area contributed by atoms with E-state index in [0.29, 0.717) is 17.9 Å².